The molecular weight excluding hydrogens is 390 g/mol. The highest BCUT2D eigenvalue weighted by atomic mass is 79.9. The van der Waals surface area contributed by atoms with Gasteiger partial charge in [0.25, 0.3) is 0 Å². The van der Waals surface area contributed by atoms with Crippen LogP contribution in [0.4, 0.5) is 0 Å². The molecule has 1 aliphatic carbocycles. The molecule has 0 saturated heterocycles. The second-order valence-corrected chi connectivity index (χ2v) is 9.77. The summed E-state index contributed by atoms with van der Waals surface area (Å²) in [7, 11) is -3.35. The van der Waals surface area contributed by atoms with Crippen molar-refractivity contribution in [2.75, 3.05) is 6.54 Å². The molecule has 1 atom stereocenters. The minimum atomic E-state index is -3.35. The Bertz CT molecular complexity index is 489. The molecule has 1 N–H and O–H groups in total. The molecule has 1 heterocycles. The van der Waals surface area contributed by atoms with Gasteiger partial charge in [0.1, 0.15) is 4.21 Å². The maximum atomic E-state index is 12.0. The fourth-order valence-electron chi connectivity index (χ4n) is 1.45. The number of thiophene rings is 1. The predicted molar refractivity (Wildman–Crippen MR) is 77.4 cm³/mol. The van der Waals surface area contributed by atoms with Crippen LogP contribution in [0.15, 0.2) is 14.1 Å². The van der Waals surface area contributed by atoms with Crippen molar-refractivity contribution >= 4 is 53.2 Å². The molecule has 17 heavy (non-hydrogen) atoms. The van der Waals surface area contributed by atoms with E-state index in [2.05, 4.69) is 36.6 Å². The summed E-state index contributed by atoms with van der Waals surface area (Å²) in [5.74, 6) is 0.634. The highest BCUT2D eigenvalue weighted by Gasteiger charge is 2.30. The highest BCUT2D eigenvalue weighted by Crippen LogP contribution is 2.36. The van der Waals surface area contributed by atoms with E-state index in [4.69, 9.17) is 0 Å². The zero-order valence-corrected chi connectivity index (χ0v) is 14.0. The van der Waals surface area contributed by atoms with E-state index in [-0.39, 0.29) is 4.83 Å². The molecule has 1 aliphatic rings. The fourth-order valence-corrected chi connectivity index (χ4v) is 5.68. The van der Waals surface area contributed by atoms with Gasteiger partial charge in [-0.25, -0.2) is 13.1 Å². The number of rotatable bonds is 5. The molecule has 1 aromatic rings. The quantitative estimate of drug-likeness (QED) is 0.768. The average Bonchev–Trinajstić information content (AvgIpc) is 3.04. The fraction of sp³-hybridized carbons (Fsp3) is 0.600. The molecule has 1 fully saturated rings. The predicted octanol–water partition coefficient (Wildman–Crippen LogP) is 3.27. The smallest absolute Gasteiger partial charge is 0.209 e. The lowest BCUT2D eigenvalue weighted by Gasteiger charge is -2.09. The largest absolute Gasteiger partial charge is 0.250 e. The molecule has 7 heteroatoms. The minimum absolute atomic E-state index is 0.252. The lowest BCUT2D eigenvalue weighted by molar-refractivity contribution is 0.580. The molecule has 0 aliphatic heterocycles. The van der Waals surface area contributed by atoms with Gasteiger partial charge in [-0.1, -0.05) is 15.9 Å². The van der Waals surface area contributed by atoms with Crippen molar-refractivity contribution in [2.45, 2.75) is 28.8 Å². The number of aryl methyl sites for hydroxylation is 1. The Kier molecular flexibility index (Phi) is 4.35. The third kappa shape index (κ3) is 3.53. The molecule has 1 unspecified atom stereocenters. The topological polar surface area (TPSA) is 46.2 Å². The Morgan fingerprint density at radius 3 is 2.71 bits per heavy atom. The van der Waals surface area contributed by atoms with Crippen molar-refractivity contribution in [1.82, 2.24) is 4.72 Å². The van der Waals surface area contributed by atoms with E-state index in [0.717, 1.165) is 9.35 Å². The SMILES string of the molecule is Cc1cc(S(=O)(=O)NCC(Br)C2CC2)sc1Br. The number of nitrogens with one attached hydrogen (secondary N) is 1. The van der Waals surface area contributed by atoms with Crippen LogP contribution in [0.3, 0.4) is 0 Å². The molecule has 0 aromatic carbocycles. The number of alkyl halides is 1. The monoisotopic (exact) mass is 401 g/mol. The summed E-state index contributed by atoms with van der Waals surface area (Å²) in [6.45, 7) is 2.35. The van der Waals surface area contributed by atoms with E-state index < -0.39 is 10.0 Å². The van der Waals surface area contributed by atoms with E-state index >= 15 is 0 Å². The molecule has 3 nitrogen and oxygen atoms in total. The van der Waals surface area contributed by atoms with Crippen LogP contribution in [-0.2, 0) is 10.0 Å². The van der Waals surface area contributed by atoms with E-state index in [1.807, 2.05) is 6.92 Å². The third-order valence-corrected chi connectivity index (χ3v) is 7.81. The lowest BCUT2D eigenvalue weighted by Crippen LogP contribution is -2.30. The minimum Gasteiger partial charge on any atom is -0.209 e. The maximum Gasteiger partial charge on any atom is 0.250 e. The first kappa shape index (κ1) is 14.0. The van der Waals surface area contributed by atoms with Gasteiger partial charge in [-0.15, -0.1) is 11.3 Å². The first-order valence-electron chi connectivity index (χ1n) is 5.30. The standard InChI is InChI=1S/C10H13Br2NO2S2/c1-6-4-9(16-10(6)12)17(14,15)13-5-8(11)7-2-3-7/h4,7-8,13H,2-3,5H2,1H3. The van der Waals surface area contributed by atoms with Gasteiger partial charge in [0, 0.05) is 11.4 Å². The van der Waals surface area contributed by atoms with E-state index in [1.54, 1.807) is 6.07 Å². The van der Waals surface area contributed by atoms with Crippen molar-refractivity contribution in [3.8, 4) is 0 Å². The maximum absolute atomic E-state index is 12.0. The van der Waals surface area contributed by atoms with Gasteiger partial charge in [-0.05, 0) is 53.2 Å². The van der Waals surface area contributed by atoms with Crippen LogP contribution >= 0.6 is 43.2 Å². The van der Waals surface area contributed by atoms with Crippen LogP contribution < -0.4 is 4.72 Å². The summed E-state index contributed by atoms with van der Waals surface area (Å²) < 4.78 is 27.9. The second kappa shape index (κ2) is 5.28. The summed E-state index contributed by atoms with van der Waals surface area (Å²) in [5.41, 5.74) is 0.952. The van der Waals surface area contributed by atoms with E-state index in [0.29, 0.717) is 16.7 Å². The molecule has 0 amide bonds. The summed E-state index contributed by atoms with van der Waals surface area (Å²) in [6.07, 6.45) is 2.39. The molecule has 96 valence electrons. The van der Waals surface area contributed by atoms with Gasteiger partial charge >= 0.3 is 0 Å². The van der Waals surface area contributed by atoms with Gasteiger partial charge in [0.05, 0.1) is 3.79 Å². The van der Waals surface area contributed by atoms with Gasteiger partial charge in [0.15, 0.2) is 0 Å². The average molecular weight is 403 g/mol. The number of hydrogen-bond acceptors (Lipinski definition) is 3. The Morgan fingerprint density at radius 2 is 2.24 bits per heavy atom. The molecule has 2 rings (SSSR count). The summed E-state index contributed by atoms with van der Waals surface area (Å²) in [4.78, 5) is 0.252. The first-order valence-corrected chi connectivity index (χ1v) is 9.30. The van der Waals surface area contributed by atoms with E-state index in [1.165, 1.54) is 24.2 Å². The van der Waals surface area contributed by atoms with Crippen LogP contribution in [0, 0.1) is 12.8 Å². The molecule has 0 spiro atoms. The van der Waals surface area contributed by atoms with E-state index in [9.17, 15) is 8.42 Å². The van der Waals surface area contributed by atoms with Crippen molar-refractivity contribution in [3.63, 3.8) is 0 Å². The Hall–Kier alpha value is 0.570. The molecule has 1 aromatic heterocycles. The summed E-state index contributed by atoms with van der Waals surface area (Å²) >= 11 is 8.10. The third-order valence-electron chi connectivity index (χ3n) is 2.70. The summed E-state index contributed by atoms with van der Waals surface area (Å²) in [6, 6.07) is 1.69. The number of hydrogen-bond donors (Lipinski definition) is 1. The van der Waals surface area contributed by atoms with Crippen LogP contribution in [0.5, 0.6) is 0 Å². The number of sulfonamides is 1. The molecule has 1 saturated carbocycles. The van der Waals surface area contributed by atoms with Crippen molar-refractivity contribution in [1.29, 1.82) is 0 Å². The van der Waals surface area contributed by atoms with Crippen LogP contribution in [0.2, 0.25) is 0 Å². The molecular formula is C10H13Br2NO2S2. The van der Waals surface area contributed by atoms with Crippen LogP contribution in [0.25, 0.3) is 0 Å². The first-order chi connectivity index (χ1) is 7.90. The van der Waals surface area contributed by atoms with Crippen molar-refractivity contribution in [3.05, 3.63) is 15.4 Å². The zero-order valence-electron chi connectivity index (χ0n) is 9.24. The highest BCUT2D eigenvalue weighted by molar-refractivity contribution is 9.11. The van der Waals surface area contributed by atoms with Gasteiger partial charge in [-0.2, -0.15) is 0 Å². The molecule has 0 radical (unpaired) electrons. The Balaban J connectivity index is 2.02. The zero-order chi connectivity index (χ0) is 12.6. The van der Waals surface area contributed by atoms with Gasteiger partial charge < -0.3 is 0 Å². The van der Waals surface area contributed by atoms with Crippen molar-refractivity contribution < 1.29 is 8.42 Å². The lowest BCUT2D eigenvalue weighted by atomic mass is 10.3. The second-order valence-electron chi connectivity index (χ2n) is 4.23. The Labute approximate surface area is 122 Å². The van der Waals surface area contributed by atoms with Crippen molar-refractivity contribution in [2.24, 2.45) is 5.92 Å². The summed E-state index contributed by atoms with van der Waals surface area (Å²) in [5, 5.41) is 0. The Morgan fingerprint density at radius 1 is 1.59 bits per heavy atom. The van der Waals surface area contributed by atoms with Crippen LogP contribution in [-0.4, -0.2) is 19.8 Å². The molecule has 0 bridgehead atoms. The van der Waals surface area contributed by atoms with Crippen LogP contribution in [0.1, 0.15) is 18.4 Å². The van der Waals surface area contributed by atoms with Gasteiger partial charge in [-0.3, -0.25) is 0 Å². The normalized spacial score (nSPS) is 18.3. The number of halogens is 2. The van der Waals surface area contributed by atoms with Gasteiger partial charge in [0.2, 0.25) is 10.0 Å².